The normalized spacial score (nSPS) is 10.2. The molecule has 0 fully saturated rings. The van der Waals surface area contributed by atoms with Crippen molar-refractivity contribution in [1.29, 1.82) is 0 Å². The second-order valence-corrected chi connectivity index (χ2v) is 30.0. The van der Waals surface area contributed by atoms with Crippen LogP contribution in [0.15, 0.2) is 194 Å². The minimum Gasteiger partial charge on any atom is -0.0622 e. The minimum absolute atomic E-state index is 1.14. The van der Waals surface area contributed by atoms with E-state index in [1.54, 1.807) is 66.8 Å². The molecule has 0 spiro atoms. The average molecular weight is 1550 g/mol. The smallest absolute Gasteiger partial charge is 0.0302 e. The zero-order valence-electron chi connectivity index (χ0n) is 79.6. The van der Waals surface area contributed by atoms with Gasteiger partial charge < -0.3 is 0 Å². The minimum atomic E-state index is 1.14. The predicted octanol–water partition coefficient (Wildman–Crippen LogP) is 32.4. The van der Waals surface area contributed by atoms with Crippen molar-refractivity contribution in [3.05, 3.63) is 350 Å². The molecule has 0 bridgehead atoms. The van der Waals surface area contributed by atoms with Crippen LogP contribution in [0, 0.1) is 6.92 Å². The lowest BCUT2D eigenvalue weighted by atomic mass is 9.90. The molecule has 0 amide bonds. The van der Waals surface area contributed by atoms with Gasteiger partial charge in [0.25, 0.3) is 0 Å². The zero-order valence-corrected chi connectivity index (χ0v) is 79.6. The van der Waals surface area contributed by atoms with Gasteiger partial charge in [-0.2, -0.15) is 0 Å². The van der Waals surface area contributed by atoms with Crippen LogP contribution in [0.1, 0.15) is 343 Å². The summed E-state index contributed by atoms with van der Waals surface area (Å²) in [6, 6.07) is 71.3. The standard InChI is InChI=1S/3C14H22.3C12H18.2C10H14.C9H12.C8H10/c1-5-11-9-13(7-3)14(8-4)10-12(11)6-2;1-5-11-9-12(6-2)14(8-4)13(7-3)10-11;1-5-11-9-10-12(6-2)14(8-4)13(11)7-3;1-4-10-7-11(5-2)9-12(6-3)8-10;1-4-10-7-8-11(5-2)12(6-3)9-10;1-4-10-8-7-9-11(5-2)12(10)6-3;1-3-9-5-7-10(4-2)8-6-9;1-3-9-6-5-7-10(4-2)8-9;1-3-9-7-5-4-6-8(9)2;1-2-8-6-4-3-5-7-8/h3*9-10H,5-8H2,1-4H3;3*7-9H,4-6H2,1-3H3;2*5-8H,3-4H2,1-2H3;4-7H,3H2,1-2H3;3-7H,2H2,1H3. The second-order valence-electron chi connectivity index (χ2n) is 30.0. The highest BCUT2D eigenvalue weighted by molar-refractivity contribution is 5.44. The van der Waals surface area contributed by atoms with Crippen LogP contribution < -0.4 is 0 Å². The van der Waals surface area contributed by atoms with Crippen LogP contribution in [0.5, 0.6) is 0 Å². The Kier molecular flexibility index (Phi) is 58.8. The van der Waals surface area contributed by atoms with E-state index in [0.29, 0.717) is 0 Å². The average Bonchev–Trinajstić information content (AvgIpc) is 0.834. The van der Waals surface area contributed by atoms with Crippen LogP contribution in [0.3, 0.4) is 0 Å². The van der Waals surface area contributed by atoms with E-state index in [4.69, 9.17) is 0 Å². The molecule has 0 nitrogen and oxygen atoms in total. The van der Waals surface area contributed by atoms with Crippen LogP contribution in [0.25, 0.3) is 0 Å². The Hall–Kier alpha value is -7.80. The van der Waals surface area contributed by atoms with Crippen molar-refractivity contribution in [3.8, 4) is 0 Å². The molecule has 0 saturated carbocycles. The lowest BCUT2D eigenvalue weighted by molar-refractivity contribution is 0.945. The second kappa shape index (κ2) is 64.3. The maximum Gasteiger partial charge on any atom is -0.0302 e. The number of hydrogen-bond donors (Lipinski definition) is 0. The highest BCUT2D eigenvalue weighted by atomic mass is 14.2. The first kappa shape index (κ1) is 105. The molecule has 0 aliphatic carbocycles. The molecule has 0 aliphatic rings. The van der Waals surface area contributed by atoms with E-state index in [1.165, 1.54) is 166 Å². The topological polar surface area (TPSA) is 0 Å². The molecule has 0 aliphatic heterocycles. The van der Waals surface area contributed by atoms with Crippen LogP contribution in [-0.4, -0.2) is 0 Å². The molecule has 0 unspecified atom stereocenters. The van der Waals surface area contributed by atoms with E-state index in [-0.39, 0.29) is 0 Å². The fourth-order valence-electron chi connectivity index (χ4n) is 15.2. The Labute approximate surface area is 712 Å². The summed E-state index contributed by atoms with van der Waals surface area (Å²) in [5.74, 6) is 0. The Morgan fingerprint density at radius 3 is 0.635 bits per heavy atom. The van der Waals surface area contributed by atoms with Crippen LogP contribution in [-0.2, 0) is 173 Å². The monoisotopic (exact) mass is 1550 g/mol. The maximum absolute atomic E-state index is 2.41. The van der Waals surface area contributed by atoms with Crippen molar-refractivity contribution in [2.24, 2.45) is 0 Å². The van der Waals surface area contributed by atoms with E-state index < -0.39 is 0 Å². The molecule has 0 heterocycles. The molecule has 10 aromatic rings. The van der Waals surface area contributed by atoms with Crippen molar-refractivity contribution in [3.63, 3.8) is 0 Å². The third-order valence-corrected chi connectivity index (χ3v) is 23.0. The third kappa shape index (κ3) is 38.4. The van der Waals surface area contributed by atoms with Gasteiger partial charge in [0.1, 0.15) is 0 Å². The lowest BCUT2D eigenvalue weighted by Gasteiger charge is -2.15. The molecule has 0 saturated heterocycles. The van der Waals surface area contributed by atoms with Gasteiger partial charge in [0.05, 0.1) is 0 Å². The zero-order chi connectivity index (χ0) is 85.9. The van der Waals surface area contributed by atoms with Gasteiger partial charge in [-0.1, -0.05) is 381 Å². The summed E-state index contributed by atoms with van der Waals surface area (Å²) in [4.78, 5) is 0. The van der Waals surface area contributed by atoms with Crippen LogP contribution in [0.2, 0.25) is 0 Å². The van der Waals surface area contributed by atoms with Gasteiger partial charge in [-0.05, 0) is 336 Å². The first-order chi connectivity index (χ1) is 55.7. The van der Waals surface area contributed by atoms with Gasteiger partial charge in [-0.25, -0.2) is 0 Å². The van der Waals surface area contributed by atoms with E-state index in [2.05, 4.69) is 382 Å². The highest BCUT2D eigenvalue weighted by Crippen LogP contribution is 2.25. The fourth-order valence-corrected chi connectivity index (χ4v) is 15.2. The molecular formula is C115H170. The van der Waals surface area contributed by atoms with E-state index in [0.717, 1.165) is 96.3 Å². The van der Waals surface area contributed by atoms with E-state index >= 15 is 0 Å². The van der Waals surface area contributed by atoms with Gasteiger partial charge in [0, 0.05) is 0 Å². The molecule has 10 rings (SSSR count). The van der Waals surface area contributed by atoms with Gasteiger partial charge >= 0.3 is 0 Å². The summed E-state index contributed by atoms with van der Waals surface area (Å²) >= 11 is 0. The summed E-state index contributed by atoms with van der Waals surface area (Å²) in [5.41, 5.74) is 42.2. The summed E-state index contributed by atoms with van der Waals surface area (Å²) < 4.78 is 0. The van der Waals surface area contributed by atoms with Gasteiger partial charge in [-0.15, -0.1) is 0 Å². The van der Waals surface area contributed by atoms with Crippen molar-refractivity contribution < 1.29 is 0 Å². The summed E-state index contributed by atoms with van der Waals surface area (Å²) in [5, 5.41) is 0. The van der Waals surface area contributed by atoms with Gasteiger partial charge in [0.15, 0.2) is 0 Å². The molecule has 0 radical (unpaired) electrons. The summed E-state index contributed by atoms with van der Waals surface area (Å²) in [6.07, 6.45) is 31.3. The number of aryl methyl sites for hydroxylation is 24. The Balaban J connectivity index is 0.000000641. The van der Waals surface area contributed by atoms with E-state index in [1.807, 2.05) is 6.07 Å². The Morgan fingerprint density at radius 2 is 0.339 bits per heavy atom. The SMILES string of the molecule is CCc1cc(CC)c(CC)c(CC)c1.CCc1cc(CC)c(CC)cc1CC.CCc1cc(CC)cc(CC)c1.CCc1ccc(CC)c(CC)c1.CCc1ccc(CC)c(CC)c1CC.CCc1ccc(CC)cc1.CCc1cccc(CC)c1.CCc1cccc(CC)c1CC.CCc1ccccc1.CCc1ccccc1C. The fraction of sp³-hybridized carbons (Fsp3) is 0.478. The highest BCUT2D eigenvalue weighted by Gasteiger charge is 2.11. The third-order valence-electron chi connectivity index (χ3n) is 23.0. The number of rotatable bonds is 27. The number of benzene rings is 10. The van der Waals surface area contributed by atoms with Crippen molar-refractivity contribution in [2.75, 3.05) is 0 Å². The first-order valence-corrected chi connectivity index (χ1v) is 46.7. The predicted molar refractivity (Wildman–Crippen MR) is 522 cm³/mol. The van der Waals surface area contributed by atoms with Crippen molar-refractivity contribution >= 4 is 0 Å². The Bertz CT molecular complexity index is 3880. The first-order valence-electron chi connectivity index (χ1n) is 46.7. The molecule has 10 aromatic carbocycles. The van der Waals surface area contributed by atoms with Gasteiger partial charge in [0.2, 0.25) is 0 Å². The largest absolute Gasteiger partial charge is 0.0622 e. The van der Waals surface area contributed by atoms with Crippen molar-refractivity contribution in [2.45, 2.75) is 367 Å². The molecular weight excluding hydrogens is 1380 g/mol. The van der Waals surface area contributed by atoms with E-state index in [9.17, 15) is 0 Å². The molecule has 0 heteroatoms. The lowest BCUT2D eigenvalue weighted by Crippen LogP contribution is -2.01. The van der Waals surface area contributed by atoms with Crippen molar-refractivity contribution in [1.82, 2.24) is 0 Å². The number of hydrogen-bond acceptors (Lipinski definition) is 0. The Morgan fingerprint density at radius 1 is 0.122 bits per heavy atom. The quantitative estimate of drug-likeness (QED) is 0.0481. The molecule has 0 N–H and O–H groups in total. The summed E-state index contributed by atoms with van der Waals surface area (Å²) in [7, 11) is 0. The molecule has 0 aromatic heterocycles. The molecule has 630 valence electrons. The van der Waals surface area contributed by atoms with Crippen LogP contribution in [0.4, 0.5) is 0 Å². The van der Waals surface area contributed by atoms with Gasteiger partial charge in [-0.3, -0.25) is 0 Å². The summed E-state index contributed by atoms with van der Waals surface area (Å²) in [6.45, 7) is 62.3. The molecule has 0 atom stereocenters. The molecule has 115 heavy (non-hydrogen) atoms. The van der Waals surface area contributed by atoms with Crippen LogP contribution >= 0.6 is 0 Å². The maximum atomic E-state index is 2.41.